The molecule has 0 aliphatic rings. The SMILES string of the molecule is CC(C)[Si](O[C@H]([C@H](CO)Cc1ccccc1)[C@H](C)O)(C(C)C)C(C)C. The third-order valence-electron chi connectivity index (χ3n) is 5.56. The Morgan fingerprint density at radius 2 is 1.36 bits per heavy atom. The van der Waals surface area contributed by atoms with E-state index in [0.29, 0.717) is 23.0 Å². The zero-order valence-electron chi connectivity index (χ0n) is 17.1. The molecule has 0 saturated carbocycles. The van der Waals surface area contributed by atoms with Crippen molar-refractivity contribution in [2.75, 3.05) is 6.61 Å². The van der Waals surface area contributed by atoms with Crippen LogP contribution in [0.2, 0.25) is 16.6 Å². The highest BCUT2D eigenvalue weighted by molar-refractivity contribution is 6.77. The van der Waals surface area contributed by atoms with E-state index in [-0.39, 0.29) is 18.6 Å². The summed E-state index contributed by atoms with van der Waals surface area (Å²) in [6, 6.07) is 10.2. The molecule has 0 spiro atoms. The van der Waals surface area contributed by atoms with E-state index in [2.05, 4.69) is 53.7 Å². The molecule has 4 heteroatoms. The summed E-state index contributed by atoms with van der Waals surface area (Å²) in [7, 11) is -2.12. The normalized spacial score (nSPS) is 16.5. The highest BCUT2D eigenvalue weighted by atomic mass is 28.4. The molecule has 0 aliphatic carbocycles. The van der Waals surface area contributed by atoms with E-state index in [1.807, 2.05) is 18.2 Å². The van der Waals surface area contributed by atoms with Gasteiger partial charge < -0.3 is 14.6 Å². The van der Waals surface area contributed by atoms with Gasteiger partial charge in [-0.05, 0) is 35.5 Å². The fourth-order valence-electron chi connectivity index (χ4n) is 4.43. The first kappa shape index (κ1) is 22.4. The van der Waals surface area contributed by atoms with Crippen molar-refractivity contribution >= 4 is 8.32 Å². The average Bonchev–Trinajstić information content (AvgIpc) is 2.53. The highest BCUT2D eigenvalue weighted by Gasteiger charge is 2.48. The third-order valence-corrected chi connectivity index (χ3v) is 11.7. The molecule has 0 aromatic heterocycles. The number of aliphatic hydroxyl groups is 2. The van der Waals surface area contributed by atoms with E-state index in [4.69, 9.17) is 4.43 Å². The summed E-state index contributed by atoms with van der Waals surface area (Å²) in [6.45, 7) is 15.3. The molecule has 3 atom stereocenters. The van der Waals surface area contributed by atoms with E-state index in [0.717, 1.165) is 0 Å². The molecule has 0 fully saturated rings. The van der Waals surface area contributed by atoms with Crippen molar-refractivity contribution in [2.45, 2.75) is 83.7 Å². The molecule has 144 valence electrons. The van der Waals surface area contributed by atoms with Crippen LogP contribution in [-0.4, -0.2) is 37.3 Å². The Morgan fingerprint density at radius 1 is 0.880 bits per heavy atom. The summed E-state index contributed by atoms with van der Waals surface area (Å²) in [5, 5.41) is 20.5. The summed E-state index contributed by atoms with van der Waals surface area (Å²) in [4.78, 5) is 0. The summed E-state index contributed by atoms with van der Waals surface area (Å²) in [5.74, 6) is -0.106. The Morgan fingerprint density at radius 3 is 1.72 bits per heavy atom. The average molecular weight is 367 g/mol. The van der Waals surface area contributed by atoms with Crippen LogP contribution in [0.5, 0.6) is 0 Å². The Balaban J connectivity index is 3.14. The molecule has 0 bridgehead atoms. The summed E-state index contributed by atoms with van der Waals surface area (Å²) in [5.41, 5.74) is 2.51. The van der Waals surface area contributed by atoms with E-state index in [1.54, 1.807) is 6.92 Å². The molecule has 0 saturated heterocycles. The molecule has 0 heterocycles. The van der Waals surface area contributed by atoms with Gasteiger partial charge in [0.2, 0.25) is 8.32 Å². The van der Waals surface area contributed by atoms with E-state index >= 15 is 0 Å². The van der Waals surface area contributed by atoms with Crippen LogP contribution < -0.4 is 0 Å². The molecule has 1 aromatic carbocycles. The van der Waals surface area contributed by atoms with Gasteiger partial charge in [0.25, 0.3) is 0 Å². The lowest BCUT2D eigenvalue weighted by Crippen LogP contribution is -2.54. The molecule has 1 aromatic rings. The standard InChI is InChI=1S/C21H38O3Si/c1-15(2)25(16(3)4,17(5)6)24-21(18(7)23)20(14-22)13-19-11-9-8-10-12-19/h8-12,15-18,20-23H,13-14H2,1-7H3/t18-,20-,21-/m0/s1. The lowest BCUT2D eigenvalue weighted by atomic mass is 9.92. The van der Waals surface area contributed by atoms with Crippen molar-refractivity contribution in [3.05, 3.63) is 35.9 Å². The van der Waals surface area contributed by atoms with Crippen molar-refractivity contribution in [2.24, 2.45) is 5.92 Å². The van der Waals surface area contributed by atoms with Crippen LogP contribution in [-0.2, 0) is 10.8 Å². The van der Waals surface area contributed by atoms with Crippen LogP contribution in [0, 0.1) is 5.92 Å². The minimum atomic E-state index is -2.12. The van der Waals surface area contributed by atoms with E-state index in [1.165, 1.54) is 5.56 Å². The molecule has 3 nitrogen and oxygen atoms in total. The zero-order valence-corrected chi connectivity index (χ0v) is 18.1. The quantitative estimate of drug-likeness (QED) is 0.586. The highest BCUT2D eigenvalue weighted by Crippen LogP contribution is 2.44. The Bertz CT molecular complexity index is 463. The summed E-state index contributed by atoms with van der Waals surface area (Å²) >= 11 is 0. The molecular formula is C21H38O3Si. The lowest BCUT2D eigenvalue weighted by Gasteiger charge is -2.46. The first-order valence-electron chi connectivity index (χ1n) is 9.67. The van der Waals surface area contributed by atoms with Crippen LogP contribution in [0.3, 0.4) is 0 Å². The Labute approximate surface area is 155 Å². The van der Waals surface area contributed by atoms with Crippen LogP contribution in [0.1, 0.15) is 54.0 Å². The Hall–Kier alpha value is -0.683. The fourth-order valence-corrected chi connectivity index (χ4v) is 10.1. The molecule has 0 unspecified atom stereocenters. The van der Waals surface area contributed by atoms with Gasteiger partial charge in [-0.1, -0.05) is 71.9 Å². The number of rotatable bonds is 10. The summed E-state index contributed by atoms with van der Waals surface area (Å²) < 4.78 is 6.84. The molecular weight excluding hydrogens is 328 g/mol. The van der Waals surface area contributed by atoms with Gasteiger partial charge in [0, 0.05) is 12.5 Å². The maximum Gasteiger partial charge on any atom is 0.200 e. The summed E-state index contributed by atoms with van der Waals surface area (Å²) in [6.07, 6.45) is -0.237. The second-order valence-corrected chi connectivity index (χ2v) is 13.7. The van der Waals surface area contributed by atoms with Gasteiger partial charge in [-0.2, -0.15) is 0 Å². The van der Waals surface area contributed by atoms with Gasteiger partial charge in [0.15, 0.2) is 0 Å². The van der Waals surface area contributed by atoms with Crippen molar-refractivity contribution in [3.8, 4) is 0 Å². The smallest absolute Gasteiger partial charge is 0.200 e. The number of hydrogen-bond donors (Lipinski definition) is 2. The zero-order chi connectivity index (χ0) is 19.2. The maximum absolute atomic E-state index is 10.5. The van der Waals surface area contributed by atoms with Gasteiger partial charge >= 0.3 is 0 Å². The fraction of sp³-hybridized carbons (Fsp3) is 0.714. The van der Waals surface area contributed by atoms with Gasteiger partial charge in [-0.3, -0.25) is 0 Å². The van der Waals surface area contributed by atoms with Crippen LogP contribution in [0.15, 0.2) is 30.3 Å². The van der Waals surface area contributed by atoms with Gasteiger partial charge in [-0.25, -0.2) is 0 Å². The van der Waals surface area contributed by atoms with Gasteiger partial charge in [0.05, 0.1) is 12.2 Å². The lowest BCUT2D eigenvalue weighted by molar-refractivity contribution is -0.0171. The van der Waals surface area contributed by atoms with Crippen molar-refractivity contribution in [1.29, 1.82) is 0 Å². The topological polar surface area (TPSA) is 49.7 Å². The third kappa shape index (κ3) is 5.39. The monoisotopic (exact) mass is 366 g/mol. The van der Waals surface area contributed by atoms with Crippen molar-refractivity contribution in [3.63, 3.8) is 0 Å². The van der Waals surface area contributed by atoms with Gasteiger partial charge in [0.1, 0.15) is 0 Å². The van der Waals surface area contributed by atoms with E-state index < -0.39 is 14.4 Å². The number of hydrogen-bond acceptors (Lipinski definition) is 3. The van der Waals surface area contributed by atoms with Crippen LogP contribution in [0.4, 0.5) is 0 Å². The first-order chi connectivity index (χ1) is 11.7. The van der Waals surface area contributed by atoms with Crippen molar-refractivity contribution < 1.29 is 14.6 Å². The molecule has 25 heavy (non-hydrogen) atoms. The minimum Gasteiger partial charge on any atom is -0.410 e. The number of aliphatic hydroxyl groups excluding tert-OH is 2. The van der Waals surface area contributed by atoms with Gasteiger partial charge in [-0.15, -0.1) is 0 Å². The first-order valence-corrected chi connectivity index (χ1v) is 11.8. The maximum atomic E-state index is 10.5. The van der Waals surface area contributed by atoms with Crippen LogP contribution in [0.25, 0.3) is 0 Å². The van der Waals surface area contributed by atoms with Crippen molar-refractivity contribution in [1.82, 2.24) is 0 Å². The molecule has 0 radical (unpaired) electrons. The predicted molar refractivity (Wildman–Crippen MR) is 108 cm³/mol. The second-order valence-electron chi connectivity index (χ2n) is 8.27. The van der Waals surface area contributed by atoms with Crippen LogP contribution >= 0.6 is 0 Å². The number of benzene rings is 1. The molecule has 2 N–H and O–H groups in total. The second kappa shape index (κ2) is 9.86. The molecule has 1 rings (SSSR count). The molecule has 0 aliphatic heterocycles. The predicted octanol–water partition coefficient (Wildman–Crippen LogP) is 4.78. The Kier molecular flexibility index (Phi) is 8.82. The largest absolute Gasteiger partial charge is 0.410 e. The minimum absolute atomic E-state index is 0.0171. The molecule has 0 amide bonds. The van der Waals surface area contributed by atoms with E-state index in [9.17, 15) is 10.2 Å².